The summed E-state index contributed by atoms with van der Waals surface area (Å²) in [6.45, 7) is 0. The van der Waals surface area contributed by atoms with Gasteiger partial charge in [0.1, 0.15) is 0 Å². The first kappa shape index (κ1) is 7.76. The molecule has 6 nitrogen and oxygen atoms in total. The molecule has 56 valence electrons. The maximum absolute atomic E-state index is 10.6. The number of aliphatic imine (C=N–C) groups is 2. The van der Waals surface area contributed by atoms with Crippen LogP contribution < -0.4 is 0 Å². The minimum absolute atomic E-state index is 0.330. The number of hydrogen-bond acceptors (Lipinski definition) is 6. The average molecular weight is 160 g/mol. The van der Waals surface area contributed by atoms with Crippen LogP contribution in [0.25, 0.3) is 0 Å². The fourth-order valence-electron chi connectivity index (χ4n) is 0.675. The molecule has 0 atom stereocenters. The first-order valence-electron chi connectivity index (χ1n) is 2.75. The highest BCUT2D eigenvalue weighted by molar-refractivity contribution is 7.10. The van der Waals surface area contributed by atoms with E-state index in [1.165, 1.54) is 12.4 Å². The van der Waals surface area contributed by atoms with Gasteiger partial charge in [-0.25, -0.2) is 0 Å². The molecular formula is C6N4O2. The van der Waals surface area contributed by atoms with Crippen molar-refractivity contribution in [2.45, 2.75) is 0 Å². The molecule has 12 heavy (non-hydrogen) atoms. The normalized spacial score (nSPS) is 21.8. The number of nitriles is 2. The Balaban J connectivity index is 3.10. The van der Waals surface area contributed by atoms with Gasteiger partial charge in [-0.1, -0.05) is 0 Å². The quantitative estimate of drug-likeness (QED) is 0.334. The van der Waals surface area contributed by atoms with Crippen LogP contribution in [-0.4, -0.2) is 23.0 Å². The predicted molar refractivity (Wildman–Crippen MR) is 36.1 cm³/mol. The first-order chi connectivity index (χ1) is 5.72. The Hall–Kier alpha value is -2.34. The van der Waals surface area contributed by atoms with E-state index in [0.717, 1.165) is 0 Å². The van der Waals surface area contributed by atoms with Crippen molar-refractivity contribution >= 4 is 23.0 Å². The van der Waals surface area contributed by atoms with Crippen LogP contribution >= 0.6 is 0 Å². The molecule has 0 bridgehead atoms. The second kappa shape index (κ2) is 2.72. The maximum atomic E-state index is 10.6. The van der Waals surface area contributed by atoms with Crippen molar-refractivity contribution < 1.29 is 9.59 Å². The van der Waals surface area contributed by atoms with Crippen LogP contribution in [0.5, 0.6) is 0 Å². The van der Waals surface area contributed by atoms with Gasteiger partial charge >= 0.3 is 0 Å². The van der Waals surface area contributed by atoms with E-state index in [0.29, 0.717) is 0 Å². The SMILES string of the molecule is N#CN=C1C(=O)C(=O)C1=NC#N. The number of nitrogens with zero attached hydrogens (tertiary/aromatic N) is 4. The Morgan fingerprint density at radius 3 is 1.50 bits per heavy atom. The molecule has 0 aliphatic heterocycles. The molecule has 0 aromatic rings. The molecule has 1 rings (SSSR count). The highest BCUT2D eigenvalue weighted by atomic mass is 16.2. The molecule has 0 aromatic heterocycles. The van der Waals surface area contributed by atoms with Crippen molar-refractivity contribution in [1.82, 2.24) is 0 Å². The lowest BCUT2D eigenvalue weighted by Gasteiger charge is -2.10. The molecule has 0 radical (unpaired) electrons. The van der Waals surface area contributed by atoms with E-state index < -0.39 is 11.6 Å². The average Bonchev–Trinajstić information content (AvgIpc) is 2.10. The van der Waals surface area contributed by atoms with Crippen LogP contribution in [0.2, 0.25) is 0 Å². The van der Waals surface area contributed by atoms with E-state index in [2.05, 4.69) is 9.98 Å². The minimum atomic E-state index is -0.870. The summed E-state index contributed by atoms with van der Waals surface area (Å²) in [6, 6.07) is 0. The monoisotopic (exact) mass is 160 g/mol. The molecule has 1 saturated carbocycles. The molecule has 0 unspecified atom stereocenters. The number of hydrogen-bond donors (Lipinski definition) is 0. The van der Waals surface area contributed by atoms with Crippen molar-refractivity contribution in [3.63, 3.8) is 0 Å². The van der Waals surface area contributed by atoms with Crippen LogP contribution in [0.3, 0.4) is 0 Å². The van der Waals surface area contributed by atoms with Crippen molar-refractivity contribution in [3.05, 3.63) is 0 Å². The lowest BCUT2D eigenvalue weighted by atomic mass is 9.90. The van der Waals surface area contributed by atoms with E-state index in [9.17, 15) is 9.59 Å². The summed E-state index contributed by atoms with van der Waals surface area (Å²) in [4.78, 5) is 27.3. The smallest absolute Gasteiger partial charge is 0.256 e. The molecule has 1 aliphatic rings. The number of ketones is 2. The lowest BCUT2D eigenvalue weighted by Crippen LogP contribution is -2.49. The molecule has 0 saturated heterocycles. The van der Waals surface area contributed by atoms with Gasteiger partial charge in [-0.2, -0.15) is 20.5 Å². The fourth-order valence-corrected chi connectivity index (χ4v) is 0.675. The van der Waals surface area contributed by atoms with Gasteiger partial charge in [0.25, 0.3) is 11.6 Å². The summed E-state index contributed by atoms with van der Waals surface area (Å²) in [6.07, 6.45) is 2.67. The number of carbonyl (C=O) groups is 2. The Kier molecular flexibility index (Phi) is 1.76. The number of carbonyl (C=O) groups excluding carboxylic acids is 2. The standard InChI is InChI=1S/C6N4O2/c7-1-9-3-4(10-2-8)6(12)5(3)11. The van der Waals surface area contributed by atoms with Crippen LogP contribution in [0.4, 0.5) is 0 Å². The summed E-state index contributed by atoms with van der Waals surface area (Å²) in [7, 11) is 0. The predicted octanol–water partition coefficient (Wildman–Crippen LogP) is -1.02. The summed E-state index contributed by atoms with van der Waals surface area (Å²) in [5.41, 5.74) is -0.659. The second-order valence-corrected chi connectivity index (χ2v) is 1.78. The van der Waals surface area contributed by atoms with Crippen LogP contribution in [-0.2, 0) is 9.59 Å². The van der Waals surface area contributed by atoms with Gasteiger partial charge in [0.05, 0.1) is 0 Å². The van der Waals surface area contributed by atoms with Gasteiger partial charge in [0, 0.05) is 0 Å². The molecule has 0 spiro atoms. The van der Waals surface area contributed by atoms with Gasteiger partial charge in [-0.05, 0) is 0 Å². The van der Waals surface area contributed by atoms with E-state index in [1.54, 1.807) is 0 Å². The third-order valence-corrected chi connectivity index (χ3v) is 1.18. The summed E-state index contributed by atoms with van der Waals surface area (Å²) in [5.74, 6) is -1.74. The highest BCUT2D eigenvalue weighted by Gasteiger charge is 2.42. The summed E-state index contributed by atoms with van der Waals surface area (Å²) >= 11 is 0. The van der Waals surface area contributed by atoms with Gasteiger partial charge in [-0.3, -0.25) is 9.59 Å². The van der Waals surface area contributed by atoms with E-state index in [4.69, 9.17) is 10.5 Å². The summed E-state index contributed by atoms with van der Waals surface area (Å²) in [5, 5.41) is 16.1. The number of Topliss-reactive ketones (excluding diaryl/α,β-unsaturated/α-hetero) is 2. The first-order valence-corrected chi connectivity index (χ1v) is 2.75. The zero-order valence-electron chi connectivity index (χ0n) is 5.61. The molecule has 0 amide bonds. The van der Waals surface area contributed by atoms with E-state index >= 15 is 0 Å². The lowest BCUT2D eigenvalue weighted by molar-refractivity contribution is -0.129. The van der Waals surface area contributed by atoms with Crippen molar-refractivity contribution in [2.24, 2.45) is 9.98 Å². The molecular weight excluding hydrogens is 160 g/mol. The topological polar surface area (TPSA) is 106 Å². The molecule has 0 heterocycles. The second-order valence-electron chi connectivity index (χ2n) is 1.78. The van der Waals surface area contributed by atoms with Crippen molar-refractivity contribution in [3.8, 4) is 12.4 Å². The summed E-state index contributed by atoms with van der Waals surface area (Å²) < 4.78 is 0. The van der Waals surface area contributed by atoms with Gasteiger partial charge in [0.2, 0.25) is 12.4 Å². The molecule has 6 heteroatoms. The highest BCUT2D eigenvalue weighted by Crippen LogP contribution is 2.04. The van der Waals surface area contributed by atoms with Gasteiger partial charge in [0.15, 0.2) is 11.4 Å². The van der Waals surface area contributed by atoms with Crippen LogP contribution in [0, 0.1) is 22.9 Å². The van der Waals surface area contributed by atoms with Crippen LogP contribution in [0.1, 0.15) is 0 Å². The van der Waals surface area contributed by atoms with E-state index in [-0.39, 0.29) is 11.4 Å². The Morgan fingerprint density at radius 1 is 0.917 bits per heavy atom. The van der Waals surface area contributed by atoms with Crippen molar-refractivity contribution in [1.29, 1.82) is 10.5 Å². The van der Waals surface area contributed by atoms with Gasteiger partial charge < -0.3 is 0 Å². The molecule has 1 aliphatic carbocycles. The molecule has 0 aromatic carbocycles. The largest absolute Gasteiger partial charge is 0.283 e. The molecule has 1 fully saturated rings. The maximum Gasteiger partial charge on any atom is 0.256 e. The Labute approximate surface area is 66.5 Å². The third kappa shape index (κ3) is 0.879. The van der Waals surface area contributed by atoms with E-state index in [1.807, 2.05) is 0 Å². The zero-order valence-corrected chi connectivity index (χ0v) is 5.61. The minimum Gasteiger partial charge on any atom is -0.283 e. The molecule has 0 N–H and O–H groups in total. The van der Waals surface area contributed by atoms with Gasteiger partial charge in [-0.15, -0.1) is 0 Å². The van der Waals surface area contributed by atoms with Crippen molar-refractivity contribution in [2.75, 3.05) is 0 Å². The Bertz CT molecular complexity index is 364. The fraction of sp³-hybridized carbons (Fsp3) is 0. The Morgan fingerprint density at radius 2 is 1.25 bits per heavy atom. The zero-order chi connectivity index (χ0) is 9.14. The third-order valence-electron chi connectivity index (χ3n) is 1.18. The number of rotatable bonds is 0. The van der Waals surface area contributed by atoms with Crippen LogP contribution in [0.15, 0.2) is 9.98 Å².